The van der Waals surface area contributed by atoms with Crippen LogP contribution in [-0.4, -0.2) is 29.1 Å². The highest BCUT2D eigenvalue weighted by Gasteiger charge is 2.18. The number of hydrogen-bond acceptors (Lipinski definition) is 3. The van der Waals surface area contributed by atoms with E-state index >= 15 is 0 Å². The van der Waals surface area contributed by atoms with Gasteiger partial charge in [0.2, 0.25) is 0 Å². The quantitative estimate of drug-likeness (QED) is 0.912. The molecule has 2 aromatic rings. The number of nitrogens with one attached hydrogen (secondary N) is 1. The van der Waals surface area contributed by atoms with E-state index in [1.54, 1.807) is 12.1 Å². The SMILES string of the molecule is O=C(NCC1CCSC1)c1cc2ccccc2cc1O. The van der Waals surface area contributed by atoms with Crippen LogP contribution in [0.3, 0.4) is 0 Å². The molecule has 1 heterocycles. The van der Waals surface area contributed by atoms with Gasteiger partial charge in [0.25, 0.3) is 5.91 Å². The first kappa shape index (κ1) is 13.3. The summed E-state index contributed by atoms with van der Waals surface area (Å²) in [5.41, 5.74) is 0.356. The molecule has 20 heavy (non-hydrogen) atoms. The van der Waals surface area contributed by atoms with Gasteiger partial charge in [-0.05, 0) is 46.7 Å². The molecule has 4 heteroatoms. The lowest BCUT2D eigenvalue weighted by atomic mass is 10.0. The molecule has 2 aromatic carbocycles. The average Bonchev–Trinajstić information content (AvgIpc) is 2.97. The summed E-state index contributed by atoms with van der Waals surface area (Å²) in [6.07, 6.45) is 1.16. The normalized spacial score (nSPS) is 18.3. The Bertz CT molecular complexity index is 635. The number of carbonyl (C=O) groups is 1. The van der Waals surface area contributed by atoms with Crippen molar-refractivity contribution >= 4 is 28.4 Å². The summed E-state index contributed by atoms with van der Waals surface area (Å²) in [6, 6.07) is 11.1. The second-order valence-corrected chi connectivity index (χ2v) is 6.31. The summed E-state index contributed by atoms with van der Waals surface area (Å²) in [6.45, 7) is 0.693. The lowest BCUT2D eigenvalue weighted by Gasteiger charge is -2.11. The van der Waals surface area contributed by atoms with Crippen molar-refractivity contribution in [3.63, 3.8) is 0 Å². The van der Waals surface area contributed by atoms with Gasteiger partial charge in [-0.2, -0.15) is 11.8 Å². The molecule has 1 fully saturated rings. The van der Waals surface area contributed by atoms with Crippen molar-refractivity contribution in [2.75, 3.05) is 18.1 Å². The van der Waals surface area contributed by atoms with Crippen molar-refractivity contribution in [3.8, 4) is 5.75 Å². The van der Waals surface area contributed by atoms with Crippen molar-refractivity contribution < 1.29 is 9.90 Å². The molecule has 2 N–H and O–H groups in total. The van der Waals surface area contributed by atoms with Gasteiger partial charge in [0.1, 0.15) is 5.75 Å². The molecule has 1 unspecified atom stereocenters. The molecule has 1 atom stereocenters. The van der Waals surface area contributed by atoms with E-state index in [1.807, 2.05) is 36.0 Å². The van der Waals surface area contributed by atoms with Gasteiger partial charge < -0.3 is 10.4 Å². The first-order chi connectivity index (χ1) is 9.74. The standard InChI is InChI=1S/C16H17NO2S/c18-15-8-13-4-2-1-3-12(13)7-14(15)16(19)17-9-11-5-6-20-10-11/h1-4,7-8,11,18H,5-6,9-10H2,(H,17,19). The number of amides is 1. The van der Waals surface area contributed by atoms with Gasteiger partial charge in [0, 0.05) is 6.54 Å². The molecule has 1 amide bonds. The largest absolute Gasteiger partial charge is 0.507 e. The minimum absolute atomic E-state index is 0.0435. The maximum Gasteiger partial charge on any atom is 0.255 e. The second kappa shape index (κ2) is 5.75. The van der Waals surface area contributed by atoms with Gasteiger partial charge in [-0.3, -0.25) is 4.79 Å². The number of thioether (sulfide) groups is 1. The van der Waals surface area contributed by atoms with E-state index in [0.717, 1.165) is 22.9 Å². The van der Waals surface area contributed by atoms with Crippen LogP contribution >= 0.6 is 11.8 Å². The molecule has 0 spiro atoms. The Hall–Kier alpha value is -1.68. The number of phenolic OH excluding ortho intramolecular Hbond substituents is 1. The summed E-state index contributed by atoms with van der Waals surface area (Å²) in [4.78, 5) is 12.2. The second-order valence-electron chi connectivity index (χ2n) is 5.16. The third-order valence-electron chi connectivity index (χ3n) is 3.68. The van der Waals surface area contributed by atoms with Gasteiger partial charge >= 0.3 is 0 Å². The summed E-state index contributed by atoms with van der Waals surface area (Å²) >= 11 is 1.93. The Morgan fingerprint density at radius 1 is 1.30 bits per heavy atom. The van der Waals surface area contributed by atoms with Crippen molar-refractivity contribution in [1.82, 2.24) is 5.32 Å². The van der Waals surface area contributed by atoms with Crippen LogP contribution in [0, 0.1) is 5.92 Å². The molecular formula is C16H17NO2S. The number of fused-ring (bicyclic) bond motifs is 1. The van der Waals surface area contributed by atoms with Crippen molar-refractivity contribution in [3.05, 3.63) is 42.0 Å². The van der Waals surface area contributed by atoms with E-state index in [2.05, 4.69) is 5.32 Å². The topological polar surface area (TPSA) is 49.3 Å². The zero-order chi connectivity index (χ0) is 13.9. The van der Waals surface area contributed by atoms with Crippen LogP contribution in [0.4, 0.5) is 0 Å². The van der Waals surface area contributed by atoms with Gasteiger partial charge in [0.05, 0.1) is 5.56 Å². The molecule has 1 saturated heterocycles. The van der Waals surface area contributed by atoms with Crippen LogP contribution in [0.15, 0.2) is 36.4 Å². The number of hydrogen-bond donors (Lipinski definition) is 2. The lowest BCUT2D eigenvalue weighted by molar-refractivity contribution is 0.0946. The van der Waals surface area contributed by atoms with Crippen LogP contribution in [0.25, 0.3) is 10.8 Å². The first-order valence-corrected chi connectivity index (χ1v) is 7.97. The maximum absolute atomic E-state index is 12.2. The third kappa shape index (κ3) is 2.75. The van der Waals surface area contributed by atoms with Crippen molar-refractivity contribution in [1.29, 1.82) is 0 Å². The summed E-state index contributed by atoms with van der Waals surface area (Å²) < 4.78 is 0. The smallest absolute Gasteiger partial charge is 0.255 e. The maximum atomic E-state index is 12.2. The van der Waals surface area contributed by atoms with Gasteiger partial charge in [-0.1, -0.05) is 24.3 Å². The molecule has 104 valence electrons. The predicted octanol–water partition coefficient (Wildman–Crippen LogP) is 3.03. The molecular weight excluding hydrogens is 270 g/mol. The van der Waals surface area contributed by atoms with E-state index in [1.165, 1.54) is 5.75 Å². The molecule has 1 aliphatic heterocycles. The Morgan fingerprint density at radius 3 is 2.75 bits per heavy atom. The Labute approximate surface area is 122 Å². The molecule has 0 aliphatic carbocycles. The molecule has 3 nitrogen and oxygen atoms in total. The van der Waals surface area contributed by atoms with Crippen LogP contribution in [0.2, 0.25) is 0 Å². The number of phenols is 1. The van der Waals surface area contributed by atoms with E-state index in [0.29, 0.717) is 18.0 Å². The zero-order valence-corrected chi connectivity index (χ0v) is 12.0. The highest BCUT2D eigenvalue weighted by molar-refractivity contribution is 7.99. The molecule has 0 bridgehead atoms. The fraction of sp³-hybridized carbons (Fsp3) is 0.312. The minimum Gasteiger partial charge on any atom is -0.507 e. The Balaban J connectivity index is 1.77. The zero-order valence-electron chi connectivity index (χ0n) is 11.1. The van der Waals surface area contributed by atoms with E-state index in [4.69, 9.17) is 0 Å². The number of benzene rings is 2. The van der Waals surface area contributed by atoms with Crippen LogP contribution in [-0.2, 0) is 0 Å². The number of aromatic hydroxyl groups is 1. The van der Waals surface area contributed by atoms with E-state index in [9.17, 15) is 9.90 Å². The number of rotatable bonds is 3. The molecule has 0 saturated carbocycles. The summed E-state index contributed by atoms with van der Waals surface area (Å²) in [5.74, 6) is 2.71. The van der Waals surface area contributed by atoms with Gasteiger partial charge in [-0.25, -0.2) is 0 Å². The predicted molar refractivity (Wildman–Crippen MR) is 83.4 cm³/mol. The van der Waals surface area contributed by atoms with Gasteiger partial charge in [0.15, 0.2) is 0 Å². The van der Waals surface area contributed by atoms with Crippen LogP contribution < -0.4 is 5.32 Å². The lowest BCUT2D eigenvalue weighted by Crippen LogP contribution is -2.29. The van der Waals surface area contributed by atoms with E-state index < -0.39 is 0 Å². The minimum atomic E-state index is -0.190. The molecule has 3 rings (SSSR count). The van der Waals surface area contributed by atoms with Crippen molar-refractivity contribution in [2.24, 2.45) is 5.92 Å². The first-order valence-electron chi connectivity index (χ1n) is 6.82. The number of carbonyl (C=O) groups excluding carboxylic acids is 1. The van der Waals surface area contributed by atoms with Crippen LogP contribution in [0.1, 0.15) is 16.8 Å². The molecule has 0 radical (unpaired) electrons. The van der Waals surface area contributed by atoms with Gasteiger partial charge in [-0.15, -0.1) is 0 Å². The molecule has 0 aromatic heterocycles. The molecule has 1 aliphatic rings. The fourth-order valence-electron chi connectivity index (χ4n) is 2.49. The highest BCUT2D eigenvalue weighted by Crippen LogP contribution is 2.26. The van der Waals surface area contributed by atoms with Crippen molar-refractivity contribution in [2.45, 2.75) is 6.42 Å². The average molecular weight is 287 g/mol. The Kier molecular flexibility index (Phi) is 3.83. The van der Waals surface area contributed by atoms with Crippen LogP contribution in [0.5, 0.6) is 5.75 Å². The van der Waals surface area contributed by atoms with E-state index in [-0.39, 0.29) is 11.7 Å². The summed E-state index contributed by atoms with van der Waals surface area (Å²) in [7, 11) is 0. The fourth-order valence-corrected chi connectivity index (χ4v) is 3.77. The summed E-state index contributed by atoms with van der Waals surface area (Å²) in [5, 5.41) is 14.8. The third-order valence-corrected chi connectivity index (χ3v) is 4.92. The highest BCUT2D eigenvalue weighted by atomic mass is 32.2. The Morgan fingerprint density at radius 2 is 2.05 bits per heavy atom. The monoisotopic (exact) mass is 287 g/mol.